The molecule has 0 unspecified atom stereocenters. The van der Waals surface area contributed by atoms with Gasteiger partial charge in [-0.05, 0) is 47.5 Å². The first kappa shape index (κ1) is 16.0. The first-order valence-electron chi connectivity index (χ1n) is 6.96. The number of aromatic nitrogens is 2. The van der Waals surface area contributed by atoms with E-state index in [1.165, 1.54) is 0 Å². The number of hydrogen-bond donors (Lipinski definition) is 2. The predicted octanol–water partition coefficient (Wildman–Crippen LogP) is 5.02. The van der Waals surface area contributed by atoms with Gasteiger partial charge in [0.25, 0.3) is 0 Å². The van der Waals surface area contributed by atoms with E-state index in [0.29, 0.717) is 5.02 Å². The number of anilines is 3. The Morgan fingerprint density at radius 2 is 1.90 bits per heavy atom. The zero-order valence-corrected chi connectivity index (χ0v) is 14.4. The highest BCUT2D eigenvalue weighted by Crippen LogP contribution is 2.27. The maximum atomic E-state index is 6.01. The van der Waals surface area contributed by atoms with Gasteiger partial charge in [0.2, 0.25) is 0 Å². The van der Waals surface area contributed by atoms with Crippen molar-refractivity contribution in [2.75, 3.05) is 17.2 Å². The zero-order valence-electron chi connectivity index (χ0n) is 12.1. The van der Waals surface area contributed by atoms with E-state index >= 15 is 0 Å². The molecule has 1 aromatic heterocycles. The Balaban J connectivity index is 2.26. The van der Waals surface area contributed by atoms with E-state index in [0.717, 1.165) is 47.0 Å². The molecular weight excluding hydrogens is 352 g/mol. The standard InChI is InChI=1S/C15H18BrClN4/c1-3-5-13-20-14(18-4-2)9-15(21-13)19-10-6-7-12(17)11(16)8-10/h6-9H,3-5H2,1-2H3,(H2,18,19,20,21). The molecule has 0 aliphatic rings. The minimum Gasteiger partial charge on any atom is -0.370 e. The van der Waals surface area contributed by atoms with Gasteiger partial charge < -0.3 is 10.6 Å². The third-order valence-electron chi connectivity index (χ3n) is 2.80. The molecule has 6 heteroatoms. The van der Waals surface area contributed by atoms with E-state index in [1.54, 1.807) is 0 Å². The lowest BCUT2D eigenvalue weighted by Gasteiger charge is -2.11. The highest BCUT2D eigenvalue weighted by atomic mass is 79.9. The average Bonchev–Trinajstić information content (AvgIpc) is 2.43. The molecule has 0 fully saturated rings. The lowest BCUT2D eigenvalue weighted by atomic mass is 10.3. The minimum atomic E-state index is 0.684. The van der Waals surface area contributed by atoms with Crippen LogP contribution in [0.1, 0.15) is 26.1 Å². The fraction of sp³-hybridized carbons (Fsp3) is 0.333. The Bertz CT molecular complexity index is 594. The molecule has 112 valence electrons. The van der Waals surface area contributed by atoms with Crippen molar-refractivity contribution in [2.45, 2.75) is 26.7 Å². The molecule has 1 heterocycles. The van der Waals surface area contributed by atoms with Gasteiger partial charge in [0.1, 0.15) is 17.5 Å². The van der Waals surface area contributed by atoms with Crippen molar-refractivity contribution in [2.24, 2.45) is 0 Å². The van der Waals surface area contributed by atoms with Crippen LogP contribution in [0.3, 0.4) is 0 Å². The normalized spacial score (nSPS) is 10.5. The second-order valence-corrected chi connectivity index (χ2v) is 5.85. The van der Waals surface area contributed by atoms with Crippen LogP contribution in [0, 0.1) is 0 Å². The molecule has 2 N–H and O–H groups in total. The van der Waals surface area contributed by atoms with Crippen molar-refractivity contribution in [1.82, 2.24) is 9.97 Å². The van der Waals surface area contributed by atoms with Crippen molar-refractivity contribution >= 4 is 44.9 Å². The molecule has 0 atom stereocenters. The molecule has 1 aromatic carbocycles. The number of rotatable bonds is 6. The summed E-state index contributed by atoms with van der Waals surface area (Å²) in [7, 11) is 0. The van der Waals surface area contributed by atoms with Crippen molar-refractivity contribution in [3.05, 3.63) is 39.6 Å². The maximum absolute atomic E-state index is 6.01. The molecule has 0 bridgehead atoms. The van der Waals surface area contributed by atoms with Gasteiger partial charge in [-0.2, -0.15) is 0 Å². The van der Waals surface area contributed by atoms with Crippen LogP contribution in [-0.4, -0.2) is 16.5 Å². The smallest absolute Gasteiger partial charge is 0.136 e. The molecule has 0 aliphatic carbocycles. The van der Waals surface area contributed by atoms with E-state index in [2.05, 4.69) is 43.5 Å². The SMILES string of the molecule is CCCc1nc(NCC)cc(Nc2ccc(Cl)c(Br)c2)n1. The molecule has 4 nitrogen and oxygen atoms in total. The van der Waals surface area contributed by atoms with Gasteiger partial charge in [0.05, 0.1) is 5.02 Å². The summed E-state index contributed by atoms with van der Waals surface area (Å²) in [4.78, 5) is 9.04. The molecule has 2 rings (SSSR count). The molecule has 0 amide bonds. The Morgan fingerprint density at radius 3 is 2.57 bits per heavy atom. The third-order valence-corrected chi connectivity index (χ3v) is 4.01. The number of halogens is 2. The fourth-order valence-electron chi connectivity index (χ4n) is 1.89. The van der Waals surface area contributed by atoms with Crippen molar-refractivity contribution in [3.8, 4) is 0 Å². The van der Waals surface area contributed by atoms with E-state index in [9.17, 15) is 0 Å². The fourth-order valence-corrected chi connectivity index (χ4v) is 2.39. The van der Waals surface area contributed by atoms with Gasteiger partial charge in [0.15, 0.2) is 0 Å². The highest BCUT2D eigenvalue weighted by Gasteiger charge is 2.05. The van der Waals surface area contributed by atoms with Gasteiger partial charge >= 0.3 is 0 Å². The predicted molar refractivity (Wildman–Crippen MR) is 92.6 cm³/mol. The van der Waals surface area contributed by atoms with E-state index in [1.807, 2.05) is 31.2 Å². The van der Waals surface area contributed by atoms with Crippen molar-refractivity contribution < 1.29 is 0 Å². The van der Waals surface area contributed by atoms with E-state index in [-0.39, 0.29) is 0 Å². The second kappa shape index (κ2) is 7.61. The average molecular weight is 370 g/mol. The molecule has 0 spiro atoms. The van der Waals surface area contributed by atoms with E-state index in [4.69, 9.17) is 11.6 Å². The largest absolute Gasteiger partial charge is 0.370 e. The van der Waals surface area contributed by atoms with Gasteiger partial charge in [0, 0.05) is 29.2 Å². The zero-order chi connectivity index (χ0) is 15.2. The van der Waals surface area contributed by atoms with Gasteiger partial charge in [-0.3, -0.25) is 0 Å². The summed E-state index contributed by atoms with van der Waals surface area (Å²) < 4.78 is 0.851. The third kappa shape index (κ3) is 4.58. The van der Waals surface area contributed by atoms with Crippen molar-refractivity contribution in [1.29, 1.82) is 0 Å². The summed E-state index contributed by atoms with van der Waals surface area (Å²) in [5.41, 5.74) is 0.926. The monoisotopic (exact) mass is 368 g/mol. The molecule has 0 saturated heterocycles. The summed E-state index contributed by atoms with van der Waals surface area (Å²) >= 11 is 9.43. The lowest BCUT2D eigenvalue weighted by Crippen LogP contribution is -2.06. The van der Waals surface area contributed by atoms with Crippen LogP contribution in [0.2, 0.25) is 5.02 Å². The molecule has 0 aliphatic heterocycles. The first-order chi connectivity index (χ1) is 10.1. The molecule has 2 aromatic rings. The van der Waals surface area contributed by atoms with Crippen LogP contribution < -0.4 is 10.6 Å². The van der Waals surface area contributed by atoms with Gasteiger partial charge in [-0.25, -0.2) is 9.97 Å². The quantitative estimate of drug-likeness (QED) is 0.750. The summed E-state index contributed by atoms with van der Waals surface area (Å²) in [6.45, 7) is 4.99. The number of hydrogen-bond acceptors (Lipinski definition) is 4. The Hall–Kier alpha value is -1.33. The molecule has 0 saturated carbocycles. The number of nitrogens with zero attached hydrogens (tertiary/aromatic N) is 2. The number of aryl methyl sites for hydroxylation is 1. The van der Waals surface area contributed by atoms with Crippen LogP contribution in [0.5, 0.6) is 0 Å². The topological polar surface area (TPSA) is 49.8 Å². The maximum Gasteiger partial charge on any atom is 0.136 e. The second-order valence-electron chi connectivity index (χ2n) is 4.59. The minimum absolute atomic E-state index is 0.684. The Morgan fingerprint density at radius 1 is 1.14 bits per heavy atom. The summed E-state index contributed by atoms with van der Waals surface area (Å²) in [5.74, 6) is 2.46. The number of benzene rings is 1. The van der Waals surface area contributed by atoms with E-state index < -0.39 is 0 Å². The van der Waals surface area contributed by atoms with Gasteiger partial charge in [-0.1, -0.05) is 18.5 Å². The Kier molecular flexibility index (Phi) is 5.82. The highest BCUT2D eigenvalue weighted by molar-refractivity contribution is 9.10. The van der Waals surface area contributed by atoms with Crippen LogP contribution in [0.15, 0.2) is 28.7 Å². The molecule has 21 heavy (non-hydrogen) atoms. The van der Waals surface area contributed by atoms with Crippen LogP contribution in [0.25, 0.3) is 0 Å². The lowest BCUT2D eigenvalue weighted by molar-refractivity contribution is 0.836. The molecule has 0 radical (unpaired) electrons. The van der Waals surface area contributed by atoms with Crippen LogP contribution >= 0.6 is 27.5 Å². The summed E-state index contributed by atoms with van der Waals surface area (Å²) in [5, 5.41) is 7.20. The summed E-state index contributed by atoms with van der Waals surface area (Å²) in [6, 6.07) is 7.59. The van der Waals surface area contributed by atoms with Crippen LogP contribution in [0.4, 0.5) is 17.3 Å². The van der Waals surface area contributed by atoms with Gasteiger partial charge in [-0.15, -0.1) is 0 Å². The Labute approximate surface area is 138 Å². The number of nitrogens with one attached hydrogen (secondary N) is 2. The molecular formula is C15H18BrClN4. The summed E-state index contributed by atoms with van der Waals surface area (Å²) in [6.07, 6.45) is 1.87. The first-order valence-corrected chi connectivity index (χ1v) is 8.13. The van der Waals surface area contributed by atoms with Crippen LogP contribution in [-0.2, 0) is 6.42 Å². The van der Waals surface area contributed by atoms with Crippen molar-refractivity contribution in [3.63, 3.8) is 0 Å².